The molecule has 2 fully saturated rings. The van der Waals surface area contributed by atoms with Crippen LogP contribution in [0.25, 0.3) is 0 Å². The van der Waals surface area contributed by atoms with Gasteiger partial charge in [0.25, 0.3) is 5.91 Å². The lowest BCUT2D eigenvalue weighted by atomic mass is 9.92. The summed E-state index contributed by atoms with van der Waals surface area (Å²) in [7, 11) is 0. The van der Waals surface area contributed by atoms with Gasteiger partial charge in [0.2, 0.25) is 0 Å². The van der Waals surface area contributed by atoms with Crippen LogP contribution in [0.5, 0.6) is 0 Å². The van der Waals surface area contributed by atoms with Crippen molar-refractivity contribution in [2.45, 2.75) is 32.9 Å². The van der Waals surface area contributed by atoms with Gasteiger partial charge in [0, 0.05) is 44.8 Å². The van der Waals surface area contributed by atoms with Crippen molar-refractivity contribution in [3.63, 3.8) is 0 Å². The van der Waals surface area contributed by atoms with Crippen molar-refractivity contribution in [1.29, 1.82) is 0 Å². The number of fused-ring (bicyclic) bond motifs is 1. The van der Waals surface area contributed by atoms with Gasteiger partial charge in [-0.25, -0.2) is 0 Å². The van der Waals surface area contributed by atoms with Crippen LogP contribution in [0.2, 0.25) is 0 Å². The van der Waals surface area contributed by atoms with Crippen molar-refractivity contribution < 1.29 is 4.79 Å². The van der Waals surface area contributed by atoms with Gasteiger partial charge in [-0.05, 0) is 62.4 Å². The van der Waals surface area contributed by atoms with Crippen LogP contribution in [0, 0.1) is 11.8 Å². The molecule has 2 aliphatic rings. The van der Waals surface area contributed by atoms with Gasteiger partial charge in [-0.3, -0.25) is 19.4 Å². The second kappa shape index (κ2) is 7.58. The van der Waals surface area contributed by atoms with Gasteiger partial charge in [0.05, 0.1) is 0 Å². The lowest BCUT2D eigenvalue weighted by molar-refractivity contribution is 0.0767. The van der Waals surface area contributed by atoms with Gasteiger partial charge in [-0.1, -0.05) is 6.07 Å². The Kier molecular flexibility index (Phi) is 5.02. The summed E-state index contributed by atoms with van der Waals surface area (Å²) in [6.07, 6.45) is 7.85. The Morgan fingerprint density at radius 1 is 1.15 bits per heavy atom. The molecule has 0 N–H and O–H groups in total. The first-order valence-electron chi connectivity index (χ1n) is 9.67. The molecule has 1 amide bonds. The van der Waals surface area contributed by atoms with E-state index in [0.29, 0.717) is 11.8 Å². The summed E-state index contributed by atoms with van der Waals surface area (Å²) in [5.74, 6) is 1.39. The second-order valence-corrected chi connectivity index (χ2v) is 7.48. The van der Waals surface area contributed by atoms with Crippen LogP contribution in [0.1, 0.15) is 35.8 Å². The number of aryl methyl sites for hydroxylation is 1. The Morgan fingerprint density at radius 3 is 2.58 bits per heavy atom. The molecule has 2 aromatic rings. The van der Waals surface area contributed by atoms with Gasteiger partial charge in [-0.15, -0.1) is 0 Å². The van der Waals surface area contributed by atoms with Gasteiger partial charge in [0.1, 0.15) is 5.69 Å². The highest BCUT2D eigenvalue weighted by Gasteiger charge is 2.37. The topological polar surface area (TPSA) is 54.3 Å². The fourth-order valence-corrected chi connectivity index (χ4v) is 4.40. The molecular weight excluding hydrogens is 326 g/mol. The van der Waals surface area contributed by atoms with E-state index in [1.165, 1.54) is 18.4 Å². The van der Waals surface area contributed by atoms with Crippen molar-refractivity contribution >= 4 is 5.91 Å². The lowest BCUT2D eigenvalue weighted by Crippen LogP contribution is -2.32. The van der Waals surface area contributed by atoms with Gasteiger partial charge in [-0.2, -0.15) is 5.10 Å². The first-order valence-corrected chi connectivity index (χ1v) is 9.67. The first kappa shape index (κ1) is 17.2. The van der Waals surface area contributed by atoms with Crippen LogP contribution < -0.4 is 0 Å². The molecule has 2 atom stereocenters. The van der Waals surface area contributed by atoms with Gasteiger partial charge < -0.3 is 4.90 Å². The van der Waals surface area contributed by atoms with Crippen LogP contribution in [-0.2, 0) is 13.1 Å². The number of carbonyl (C=O) groups is 1. The number of carbonyl (C=O) groups excluding carboxylic acids is 1. The highest BCUT2D eigenvalue weighted by atomic mass is 16.2. The van der Waals surface area contributed by atoms with Crippen molar-refractivity contribution in [2.75, 3.05) is 26.2 Å². The van der Waals surface area contributed by atoms with Crippen LogP contribution >= 0.6 is 0 Å². The predicted molar refractivity (Wildman–Crippen MR) is 99.5 cm³/mol. The Hall–Kier alpha value is -2.21. The number of amides is 1. The largest absolute Gasteiger partial charge is 0.337 e. The molecule has 4 rings (SSSR count). The Morgan fingerprint density at radius 2 is 1.92 bits per heavy atom. The van der Waals surface area contributed by atoms with Crippen molar-refractivity contribution in [3.05, 3.63) is 48.0 Å². The molecule has 0 aromatic carbocycles. The Bertz CT molecular complexity index is 728. The third-order valence-corrected chi connectivity index (χ3v) is 5.86. The Labute approximate surface area is 154 Å². The molecule has 2 aromatic heterocycles. The predicted octanol–water partition coefficient (Wildman–Crippen LogP) is 2.28. The number of aromatic nitrogens is 3. The van der Waals surface area contributed by atoms with Crippen LogP contribution in [0.3, 0.4) is 0 Å². The number of nitrogens with zero attached hydrogens (tertiary/aromatic N) is 5. The molecule has 0 spiro atoms. The second-order valence-electron chi connectivity index (χ2n) is 7.48. The third-order valence-electron chi connectivity index (χ3n) is 5.86. The van der Waals surface area contributed by atoms with Crippen LogP contribution in [-0.4, -0.2) is 56.7 Å². The fourth-order valence-electron chi connectivity index (χ4n) is 4.40. The minimum absolute atomic E-state index is 0.143. The minimum Gasteiger partial charge on any atom is -0.337 e. The average Bonchev–Trinajstić information content (AvgIpc) is 3.27. The van der Waals surface area contributed by atoms with E-state index in [4.69, 9.17) is 0 Å². The van der Waals surface area contributed by atoms with E-state index in [9.17, 15) is 4.79 Å². The zero-order chi connectivity index (χ0) is 17.9. The number of hydrogen-bond acceptors (Lipinski definition) is 4. The molecule has 0 unspecified atom stereocenters. The molecule has 0 bridgehead atoms. The maximum absolute atomic E-state index is 12.9. The molecular formula is C20H27N5O. The summed E-state index contributed by atoms with van der Waals surface area (Å²) in [6, 6.07) is 6.00. The van der Waals surface area contributed by atoms with E-state index in [0.717, 1.165) is 45.0 Å². The normalized spacial score (nSPS) is 23.7. The summed E-state index contributed by atoms with van der Waals surface area (Å²) in [5, 5.41) is 4.24. The van der Waals surface area contributed by atoms with Gasteiger partial charge in [0.15, 0.2) is 0 Å². The average molecular weight is 353 g/mol. The van der Waals surface area contributed by atoms with E-state index in [1.54, 1.807) is 10.9 Å². The third kappa shape index (κ3) is 3.51. The molecule has 0 aliphatic carbocycles. The highest BCUT2D eigenvalue weighted by molar-refractivity contribution is 5.92. The van der Waals surface area contributed by atoms with E-state index in [2.05, 4.69) is 25.9 Å². The number of pyridine rings is 1. The van der Waals surface area contributed by atoms with Crippen molar-refractivity contribution in [3.8, 4) is 0 Å². The van der Waals surface area contributed by atoms with Gasteiger partial charge >= 0.3 is 0 Å². The van der Waals surface area contributed by atoms with E-state index >= 15 is 0 Å². The SMILES string of the molecule is CCn1nccc1C(=O)N1C[C@H]2CCN(Cc3cccnc3)CC[C@H]2C1. The highest BCUT2D eigenvalue weighted by Crippen LogP contribution is 2.32. The number of rotatable bonds is 4. The summed E-state index contributed by atoms with van der Waals surface area (Å²) in [5.41, 5.74) is 2.01. The zero-order valence-corrected chi connectivity index (χ0v) is 15.4. The van der Waals surface area contributed by atoms with Crippen LogP contribution in [0.4, 0.5) is 0 Å². The molecule has 138 valence electrons. The standard InChI is InChI=1S/C20H27N5O/c1-2-25-19(5-9-22-25)20(26)24-14-17-6-10-23(11-7-18(17)15-24)13-16-4-3-8-21-12-16/h3-5,8-9,12,17-18H,2,6-7,10-11,13-15H2,1H3/t17-,18+. The molecule has 6 heteroatoms. The van der Waals surface area contributed by atoms with Crippen molar-refractivity contribution in [2.24, 2.45) is 11.8 Å². The molecule has 4 heterocycles. The zero-order valence-electron chi connectivity index (χ0n) is 15.4. The first-order chi connectivity index (χ1) is 12.7. The summed E-state index contributed by atoms with van der Waals surface area (Å²) in [4.78, 5) is 21.7. The summed E-state index contributed by atoms with van der Waals surface area (Å²) < 4.78 is 1.80. The Balaban J connectivity index is 1.36. The summed E-state index contributed by atoms with van der Waals surface area (Å²) in [6.45, 7) is 7.71. The maximum Gasteiger partial charge on any atom is 0.272 e. The molecule has 2 saturated heterocycles. The monoisotopic (exact) mass is 353 g/mol. The number of likely N-dealkylation sites (tertiary alicyclic amines) is 2. The van der Waals surface area contributed by atoms with E-state index in [-0.39, 0.29) is 5.91 Å². The number of hydrogen-bond donors (Lipinski definition) is 0. The quantitative estimate of drug-likeness (QED) is 0.846. The molecule has 0 saturated carbocycles. The fraction of sp³-hybridized carbons (Fsp3) is 0.550. The molecule has 26 heavy (non-hydrogen) atoms. The maximum atomic E-state index is 12.9. The van der Waals surface area contributed by atoms with E-state index in [1.807, 2.05) is 31.5 Å². The summed E-state index contributed by atoms with van der Waals surface area (Å²) >= 11 is 0. The van der Waals surface area contributed by atoms with Crippen LogP contribution in [0.15, 0.2) is 36.8 Å². The molecule has 0 radical (unpaired) electrons. The van der Waals surface area contributed by atoms with Crippen molar-refractivity contribution in [1.82, 2.24) is 24.6 Å². The minimum atomic E-state index is 0.143. The van der Waals surface area contributed by atoms with E-state index < -0.39 is 0 Å². The molecule has 2 aliphatic heterocycles. The molecule has 6 nitrogen and oxygen atoms in total. The smallest absolute Gasteiger partial charge is 0.272 e. The lowest BCUT2D eigenvalue weighted by Gasteiger charge is -2.22.